The van der Waals surface area contributed by atoms with Crippen molar-refractivity contribution in [3.8, 4) is 0 Å². The normalized spacial score (nSPS) is 12.0. The van der Waals surface area contributed by atoms with Gasteiger partial charge in [0.1, 0.15) is 0 Å². The first kappa shape index (κ1) is 17.0. The number of thiazole rings is 1. The van der Waals surface area contributed by atoms with Gasteiger partial charge in [0.05, 0.1) is 21.7 Å². The number of nitro groups is 1. The van der Waals surface area contributed by atoms with Gasteiger partial charge in [0.2, 0.25) is 0 Å². The van der Waals surface area contributed by atoms with Crippen molar-refractivity contribution in [1.82, 2.24) is 14.3 Å². The van der Waals surface area contributed by atoms with Crippen molar-refractivity contribution in [2.75, 3.05) is 13.7 Å². The molecule has 9 nitrogen and oxygen atoms in total. The van der Waals surface area contributed by atoms with Gasteiger partial charge in [-0.3, -0.25) is 19.6 Å². The Morgan fingerprint density at radius 2 is 2.24 bits per heavy atom. The summed E-state index contributed by atoms with van der Waals surface area (Å²) in [6.45, 7) is 0.899. The van der Waals surface area contributed by atoms with Crippen LogP contribution >= 0.6 is 11.3 Å². The monoisotopic (exact) mass is 361 g/mol. The molecule has 25 heavy (non-hydrogen) atoms. The van der Waals surface area contributed by atoms with Crippen LogP contribution in [0, 0.1) is 10.1 Å². The Balaban J connectivity index is 2.12. The highest BCUT2D eigenvalue weighted by Gasteiger charge is 2.14. The number of benzene rings is 1. The molecule has 2 heterocycles. The lowest BCUT2D eigenvalue weighted by Gasteiger charge is -2.03. The van der Waals surface area contributed by atoms with E-state index in [1.165, 1.54) is 28.2 Å². The molecule has 0 spiro atoms. The molecule has 0 fully saturated rings. The number of fused-ring (bicyclic) bond motifs is 1. The molecular formula is C15H15N5O4S. The molecule has 0 aliphatic heterocycles. The van der Waals surface area contributed by atoms with Crippen LogP contribution < -0.4 is 4.80 Å². The first-order valence-corrected chi connectivity index (χ1v) is 8.16. The van der Waals surface area contributed by atoms with E-state index in [4.69, 9.17) is 4.74 Å². The molecule has 0 bridgehead atoms. The van der Waals surface area contributed by atoms with Crippen LogP contribution in [0.4, 0.5) is 5.69 Å². The number of rotatable bonds is 5. The maximum Gasteiger partial charge on any atom is 0.300 e. The van der Waals surface area contributed by atoms with Crippen molar-refractivity contribution >= 4 is 33.1 Å². The summed E-state index contributed by atoms with van der Waals surface area (Å²) in [7, 11) is 3.30. The van der Waals surface area contributed by atoms with Gasteiger partial charge in [-0.15, -0.1) is 0 Å². The van der Waals surface area contributed by atoms with Gasteiger partial charge in [0.15, 0.2) is 10.5 Å². The van der Waals surface area contributed by atoms with Crippen LogP contribution in [-0.2, 0) is 18.3 Å². The first-order valence-electron chi connectivity index (χ1n) is 7.35. The standard InChI is InChI=1S/C15H15N5O4S/c1-18-6-5-11(17-18)14(21)16-15-19(7-8-24-2)12-4-3-10(20(22)23)9-13(12)25-15/h3-6,9H,7-8H2,1-2H3. The summed E-state index contributed by atoms with van der Waals surface area (Å²) in [6, 6.07) is 6.16. The zero-order chi connectivity index (χ0) is 18.0. The molecule has 3 rings (SSSR count). The molecule has 2 aromatic heterocycles. The summed E-state index contributed by atoms with van der Waals surface area (Å²) in [5.74, 6) is -0.465. The Labute approximate surface area is 145 Å². The summed E-state index contributed by atoms with van der Waals surface area (Å²) in [4.78, 5) is 27.4. The third-order valence-electron chi connectivity index (χ3n) is 3.53. The predicted molar refractivity (Wildman–Crippen MR) is 91.4 cm³/mol. The van der Waals surface area contributed by atoms with E-state index < -0.39 is 10.8 Å². The summed E-state index contributed by atoms with van der Waals surface area (Å²) < 4.78 is 9.12. The number of aryl methyl sites for hydroxylation is 1. The van der Waals surface area contributed by atoms with Gasteiger partial charge >= 0.3 is 0 Å². The molecule has 10 heteroatoms. The fourth-order valence-corrected chi connectivity index (χ4v) is 3.42. The van der Waals surface area contributed by atoms with E-state index in [1.54, 1.807) is 32.5 Å². The Kier molecular flexibility index (Phi) is 4.72. The maximum atomic E-state index is 12.3. The zero-order valence-electron chi connectivity index (χ0n) is 13.6. The Hall–Kier alpha value is -2.85. The van der Waals surface area contributed by atoms with Crippen LogP contribution in [0.15, 0.2) is 35.5 Å². The number of nitrogens with zero attached hydrogens (tertiary/aromatic N) is 5. The molecule has 0 radical (unpaired) electrons. The number of amides is 1. The van der Waals surface area contributed by atoms with E-state index in [2.05, 4.69) is 10.1 Å². The summed E-state index contributed by atoms with van der Waals surface area (Å²) >= 11 is 1.22. The third kappa shape index (κ3) is 3.49. The molecular weight excluding hydrogens is 346 g/mol. The molecule has 0 aliphatic rings. The first-order chi connectivity index (χ1) is 12.0. The van der Waals surface area contributed by atoms with Gasteiger partial charge in [-0.2, -0.15) is 10.1 Å². The highest BCUT2D eigenvalue weighted by Crippen LogP contribution is 2.23. The van der Waals surface area contributed by atoms with Crippen LogP contribution in [0.5, 0.6) is 0 Å². The van der Waals surface area contributed by atoms with Crippen LogP contribution in [0.1, 0.15) is 10.5 Å². The van der Waals surface area contributed by atoms with Crippen molar-refractivity contribution in [3.05, 3.63) is 51.1 Å². The second kappa shape index (κ2) is 6.95. The minimum Gasteiger partial charge on any atom is -0.383 e. The van der Waals surface area contributed by atoms with Gasteiger partial charge in [0, 0.05) is 39.0 Å². The summed E-state index contributed by atoms with van der Waals surface area (Å²) in [5.41, 5.74) is 1.000. The number of hydrogen-bond donors (Lipinski definition) is 0. The van der Waals surface area contributed by atoms with E-state index in [0.29, 0.717) is 22.7 Å². The van der Waals surface area contributed by atoms with Gasteiger partial charge in [-0.25, -0.2) is 0 Å². The summed E-state index contributed by atoms with van der Waals surface area (Å²) in [6.07, 6.45) is 1.66. The molecule has 130 valence electrons. The van der Waals surface area contributed by atoms with Crippen LogP contribution in [0.2, 0.25) is 0 Å². The smallest absolute Gasteiger partial charge is 0.300 e. The van der Waals surface area contributed by atoms with E-state index in [9.17, 15) is 14.9 Å². The molecule has 0 atom stereocenters. The maximum absolute atomic E-state index is 12.3. The third-order valence-corrected chi connectivity index (χ3v) is 4.57. The summed E-state index contributed by atoms with van der Waals surface area (Å²) in [5, 5.41) is 15.0. The second-order valence-electron chi connectivity index (χ2n) is 5.23. The fourth-order valence-electron chi connectivity index (χ4n) is 2.33. The number of carbonyl (C=O) groups excluding carboxylic acids is 1. The molecule has 0 aliphatic carbocycles. The van der Waals surface area contributed by atoms with Crippen molar-refractivity contribution in [1.29, 1.82) is 0 Å². The number of carbonyl (C=O) groups is 1. The minimum atomic E-state index is -0.465. The van der Waals surface area contributed by atoms with Crippen molar-refractivity contribution in [2.24, 2.45) is 12.0 Å². The second-order valence-corrected chi connectivity index (χ2v) is 6.24. The van der Waals surface area contributed by atoms with E-state index in [-0.39, 0.29) is 11.4 Å². The fraction of sp³-hybridized carbons (Fsp3) is 0.267. The van der Waals surface area contributed by atoms with Gasteiger partial charge in [0.25, 0.3) is 11.6 Å². The lowest BCUT2D eigenvalue weighted by molar-refractivity contribution is -0.384. The number of hydrogen-bond acceptors (Lipinski definition) is 6. The molecule has 1 amide bonds. The van der Waals surface area contributed by atoms with Crippen molar-refractivity contribution in [2.45, 2.75) is 6.54 Å². The number of ether oxygens (including phenoxy) is 1. The molecule has 0 saturated carbocycles. The van der Waals surface area contributed by atoms with E-state index >= 15 is 0 Å². The van der Waals surface area contributed by atoms with Crippen LogP contribution in [0.3, 0.4) is 0 Å². The van der Waals surface area contributed by atoms with Crippen molar-refractivity contribution < 1.29 is 14.5 Å². The highest BCUT2D eigenvalue weighted by molar-refractivity contribution is 7.16. The van der Waals surface area contributed by atoms with Gasteiger partial charge in [-0.05, 0) is 12.1 Å². The predicted octanol–water partition coefficient (Wildman–Crippen LogP) is 1.73. The topological polar surface area (TPSA) is 105 Å². The minimum absolute atomic E-state index is 0.00440. The number of methoxy groups -OCH3 is 1. The largest absolute Gasteiger partial charge is 0.383 e. The van der Waals surface area contributed by atoms with E-state index in [0.717, 1.165) is 5.52 Å². The quantitative estimate of drug-likeness (QED) is 0.508. The molecule has 0 saturated heterocycles. The molecule has 1 aromatic carbocycles. The Morgan fingerprint density at radius 3 is 2.88 bits per heavy atom. The van der Waals surface area contributed by atoms with Gasteiger partial charge in [-0.1, -0.05) is 11.3 Å². The molecule has 0 N–H and O–H groups in total. The van der Waals surface area contributed by atoms with Crippen molar-refractivity contribution in [3.63, 3.8) is 0 Å². The zero-order valence-corrected chi connectivity index (χ0v) is 14.4. The number of aromatic nitrogens is 3. The number of nitro benzene ring substituents is 1. The molecule has 3 aromatic rings. The SMILES string of the molecule is COCCn1c(=NC(=O)c2ccn(C)n2)sc2cc([N+](=O)[O-])ccc21. The number of non-ortho nitro benzene ring substituents is 1. The average molecular weight is 361 g/mol. The molecule has 0 unspecified atom stereocenters. The van der Waals surface area contributed by atoms with Gasteiger partial charge < -0.3 is 9.30 Å². The van der Waals surface area contributed by atoms with E-state index in [1.807, 2.05) is 4.57 Å². The lowest BCUT2D eigenvalue weighted by atomic mass is 10.3. The van der Waals surface area contributed by atoms with Crippen LogP contribution in [0.25, 0.3) is 10.2 Å². The Bertz CT molecular complexity index is 1020. The highest BCUT2D eigenvalue weighted by atomic mass is 32.1. The lowest BCUT2D eigenvalue weighted by Crippen LogP contribution is -2.19. The van der Waals surface area contributed by atoms with Crippen LogP contribution in [-0.4, -0.2) is 38.9 Å². The average Bonchev–Trinajstić information content (AvgIpc) is 3.15. The Morgan fingerprint density at radius 1 is 1.44 bits per heavy atom.